The zero-order valence-corrected chi connectivity index (χ0v) is 15.1. The molecule has 0 fully saturated rings. The summed E-state index contributed by atoms with van der Waals surface area (Å²) in [7, 11) is 0. The van der Waals surface area contributed by atoms with Crippen molar-refractivity contribution < 1.29 is 14.3 Å². The normalized spacial score (nSPS) is 10.4. The second kappa shape index (κ2) is 8.68. The lowest BCUT2D eigenvalue weighted by molar-refractivity contribution is -0.116. The molecule has 0 atom stereocenters. The molecule has 0 saturated carbocycles. The molecule has 142 valence electrons. The average molecular weight is 377 g/mol. The van der Waals surface area contributed by atoms with E-state index < -0.39 is 5.91 Å². The Bertz CT molecular complexity index is 1050. The van der Waals surface area contributed by atoms with Gasteiger partial charge < -0.3 is 15.8 Å². The van der Waals surface area contributed by atoms with Gasteiger partial charge in [0, 0.05) is 17.5 Å². The van der Waals surface area contributed by atoms with Crippen LogP contribution >= 0.6 is 0 Å². The van der Waals surface area contributed by atoms with Crippen LogP contribution in [0.4, 0.5) is 5.69 Å². The van der Waals surface area contributed by atoms with Crippen molar-refractivity contribution in [2.75, 3.05) is 11.9 Å². The summed E-state index contributed by atoms with van der Waals surface area (Å²) in [5.74, 6) is -0.118. The van der Waals surface area contributed by atoms with Crippen LogP contribution in [0.3, 0.4) is 0 Å². The summed E-state index contributed by atoms with van der Waals surface area (Å²) in [6.07, 6.45) is 1.70. The summed E-state index contributed by atoms with van der Waals surface area (Å²) in [5.41, 5.74) is 7.23. The molecular weight excluding hydrogens is 358 g/mol. The number of primary amides is 1. The maximum absolute atomic E-state index is 12.1. The van der Waals surface area contributed by atoms with Crippen molar-refractivity contribution in [3.63, 3.8) is 0 Å². The van der Waals surface area contributed by atoms with Crippen LogP contribution in [-0.2, 0) is 4.79 Å². The number of anilines is 1. The van der Waals surface area contributed by atoms with Crippen LogP contribution in [-0.4, -0.2) is 28.6 Å². The van der Waals surface area contributed by atoms with Crippen molar-refractivity contribution in [2.24, 2.45) is 5.73 Å². The number of nitriles is 1. The van der Waals surface area contributed by atoms with Gasteiger partial charge in [-0.05, 0) is 49.2 Å². The Balaban J connectivity index is 1.45. The number of rotatable bonds is 8. The number of H-pyrrole nitrogens is 1. The van der Waals surface area contributed by atoms with Gasteiger partial charge in [0.1, 0.15) is 5.75 Å². The standard InChI is InChI=1S/C20H19N5O3/c21-12-13-4-3-5-15(10-13)28-9-2-1-6-18(26)23-14-7-8-17-16(11-14)19(20(22)27)25-24-17/h3-5,7-8,10-11H,1-2,6,9H2,(H2,22,27)(H,23,26)(H,24,25). The van der Waals surface area contributed by atoms with E-state index in [0.29, 0.717) is 53.8 Å². The Morgan fingerprint density at radius 2 is 2.07 bits per heavy atom. The lowest BCUT2D eigenvalue weighted by Gasteiger charge is -2.07. The van der Waals surface area contributed by atoms with Gasteiger partial charge >= 0.3 is 0 Å². The first kappa shape index (κ1) is 18.9. The number of nitrogens with two attached hydrogens (primary N) is 1. The molecule has 28 heavy (non-hydrogen) atoms. The number of ether oxygens (including phenoxy) is 1. The van der Waals surface area contributed by atoms with E-state index >= 15 is 0 Å². The molecule has 0 bridgehead atoms. The fourth-order valence-corrected chi connectivity index (χ4v) is 2.74. The molecule has 0 radical (unpaired) electrons. The summed E-state index contributed by atoms with van der Waals surface area (Å²) >= 11 is 0. The largest absolute Gasteiger partial charge is 0.494 e. The molecule has 3 rings (SSSR count). The number of hydrogen-bond acceptors (Lipinski definition) is 5. The number of nitrogens with zero attached hydrogens (tertiary/aromatic N) is 2. The number of aromatic amines is 1. The van der Waals surface area contributed by atoms with Crippen LogP contribution in [0, 0.1) is 11.3 Å². The molecule has 0 aliphatic rings. The Morgan fingerprint density at radius 1 is 1.21 bits per heavy atom. The highest BCUT2D eigenvalue weighted by Crippen LogP contribution is 2.21. The van der Waals surface area contributed by atoms with Gasteiger partial charge in [-0.15, -0.1) is 0 Å². The molecule has 0 aliphatic heterocycles. The van der Waals surface area contributed by atoms with Gasteiger partial charge in [0.25, 0.3) is 5.91 Å². The van der Waals surface area contributed by atoms with E-state index in [-0.39, 0.29) is 11.6 Å². The predicted molar refractivity (Wildman–Crippen MR) is 104 cm³/mol. The van der Waals surface area contributed by atoms with Crippen LogP contribution in [0.2, 0.25) is 0 Å². The van der Waals surface area contributed by atoms with Gasteiger partial charge in [-0.2, -0.15) is 10.4 Å². The highest BCUT2D eigenvalue weighted by atomic mass is 16.5. The van der Waals surface area contributed by atoms with Crippen molar-refractivity contribution in [3.05, 3.63) is 53.7 Å². The van der Waals surface area contributed by atoms with Gasteiger partial charge in [-0.1, -0.05) is 6.07 Å². The number of hydrogen-bond donors (Lipinski definition) is 3. The third kappa shape index (κ3) is 4.65. The molecular formula is C20H19N5O3. The molecule has 3 aromatic rings. The van der Waals surface area contributed by atoms with Crippen LogP contribution < -0.4 is 15.8 Å². The van der Waals surface area contributed by atoms with Gasteiger partial charge in [0.05, 0.1) is 23.8 Å². The third-order valence-electron chi connectivity index (χ3n) is 4.11. The lowest BCUT2D eigenvalue weighted by Crippen LogP contribution is -2.13. The number of amides is 2. The predicted octanol–water partition coefficient (Wildman–Crippen LogP) is 2.72. The molecule has 0 aliphatic carbocycles. The topological polar surface area (TPSA) is 134 Å². The van der Waals surface area contributed by atoms with Gasteiger partial charge in [-0.3, -0.25) is 14.7 Å². The first-order chi connectivity index (χ1) is 13.6. The van der Waals surface area contributed by atoms with E-state index in [1.54, 1.807) is 42.5 Å². The summed E-state index contributed by atoms with van der Waals surface area (Å²) in [4.78, 5) is 23.5. The van der Waals surface area contributed by atoms with E-state index in [1.165, 1.54) is 0 Å². The zero-order chi connectivity index (χ0) is 19.9. The summed E-state index contributed by atoms with van der Waals surface area (Å²) in [6, 6.07) is 14.1. The van der Waals surface area contributed by atoms with Crippen molar-refractivity contribution in [3.8, 4) is 11.8 Å². The number of carbonyl (C=O) groups excluding carboxylic acids is 2. The minimum atomic E-state index is -0.630. The molecule has 2 amide bonds. The maximum atomic E-state index is 12.1. The number of unbranched alkanes of at least 4 members (excludes halogenated alkanes) is 1. The van der Waals surface area contributed by atoms with E-state index in [0.717, 1.165) is 0 Å². The van der Waals surface area contributed by atoms with Crippen molar-refractivity contribution in [2.45, 2.75) is 19.3 Å². The average Bonchev–Trinajstić information content (AvgIpc) is 3.11. The molecule has 2 aromatic carbocycles. The fourth-order valence-electron chi connectivity index (χ4n) is 2.74. The van der Waals surface area contributed by atoms with Gasteiger partial charge in [-0.25, -0.2) is 0 Å². The number of fused-ring (bicyclic) bond motifs is 1. The van der Waals surface area contributed by atoms with Crippen molar-refractivity contribution in [1.29, 1.82) is 5.26 Å². The summed E-state index contributed by atoms with van der Waals surface area (Å²) in [6.45, 7) is 0.463. The summed E-state index contributed by atoms with van der Waals surface area (Å²) in [5, 5.41) is 18.8. The Kier molecular flexibility index (Phi) is 5.87. The van der Waals surface area contributed by atoms with Gasteiger partial charge in [0.15, 0.2) is 5.69 Å². The molecule has 8 nitrogen and oxygen atoms in total. The fraction of sp³-hybridized carbons (Fsp3) is 0.200. The third-order valence-corrected chi connectivity index (χ3v) is 4.11. The number of aromatic nitrogens is 2. The van der Waals surface area contributed by atoms with E-state index in [9.17, 15) is 9.59 Å². The molecule has 1 aromatic heterocycles. The van der Waals surface area contributed by atoms with E-state index in [1.807, 2.05) is 0 Å². The minimum absolute atomic E-state index is 0.130. The minimum Gasteiger partial charge on any atom is -0.494 e. The second-order valence-corrected chi connectivity index (χ2v) is 6.19. The second-order valence-electron chi connectivity index (χ2n) is 6.19. The van der Waals surface area contributed by atoms with Crippen LogP contribution in [0.1, 0.15) is 35.3 Å². The first-order valence-electron chi connectivity index (χ1n) is 8.77. The quantitative estimate of drug-likeness (QED) is 0.519. The molecule has 1 heterocycles. The van der Waals surface area contributed by atoms with E-state index in [4.69, 9.17) is 15.7 Å². The Labute approximate surface area is 161 Å². The monoisotopic (exact) mass is 377 g/mol. The number of benzene rings is 2. The maximum Gasteiger partial charge on any atom is 0.269 e. The molecule has 4 N–H and O–H groups in total. The smallest absolute Gasteiger partial charge is 0.269 e. The SMILES string of the molecule is N#Cc1cccc(OCCCCC(=O)Nc2ccc3[nH]nc(C(N)=O)c3c2)c1. The van der Waals surface area contributed by atoms with E-state index in [2.05, 4.69) is 21.6 Å². The summed E-state index contributed by atoms with van der Waals surface area (Å²) < 4.78 is 5.59. The first-order valence-corrected chi connectivity index (χ1v) is 8.77. The highest BCUT2D eigenvalue weighted by Gasteiger charge is 2.12. The molecule has 0 saturated heterocycles. The molecule has 0 spiro atoms. The molecule has 8 heteroatoms. The zero-order valence-electron chi connectivity index (χ0n) is 15.1. The van der Waals surface area contributed by atoms with Crippen LogP contribution in [0.25, 0.3) is 10.9 Å². The highest BCUT2D eigenvalue weighted by molar-refractivity contribution is 6.05. The Hall–Kier alpha value is -3.86. The van der Waals surface area contributed by atoms with Gasteiger partial charge in [0.2, 0.25) is 5.91 Å². The number of carbonyl (C=O) groups is 2. The molecule has 0 unspecified atom stereocenters. The van der Waals surface area contributed by atoms with Crippen molar-refractivity contribution >= 4 is 28.4 Å². The number of nitrogens with one attached hydrogen (secondary N) is 2. The van der Waals surface area contributed by atoms with Crippen LogP contribution in [0.15, 0.2) is 42.5 Å². The Morgan fingerprint density at radius 3 is 2.86 bits per heavy atom. The van der Waals surface area contributed by atoms with Crippen molar-refractivity contribution in [1.82, 2.24) is 10.2 Å². The van der Waals surface area contributed by atoms with Crippen LogP contribution in [0.5, 0.6) is 5.75 Å². The lowest BCUT2D eigenvalue weighted by atomic mass is 10.1.